The minimum atomic E-state index is -0.786. The zero-order valence-electron chi connectivity index (χ0n) is 15.4. The molecule has 0 fully saturated rings. The molecule has 0 unspecified atom stereocenters. The van der Waals surface area contributed by atoms with Crippen molar-refractivity contribution in [3.63, 3.8) is 0 Å². The first-order chi connectivity index (χ1) is 12.1. The number of carbonyl (C=O) groups is 3. The van der Waals surface area contributed by atoms with Crippen LogP contribution >= 0.6 is 23.2 Å². The molecule has 26 heavy (non-hydrogen) atoms. The van der Waals surface area contributed by atoms with Crippen molar-refractivity contribution in [1.29, 1.82) is 0 Å². The lowest BCUT2D eigenvalue weighted by molar-refractivity contribution is -0.129. The molecule has 1 rings (SSSR count). The molecule has 0 aliphatic carbocycles. The van der Waals surface area contributed by atoms with Gasteiger partial charge in [-0.2, -0.15) is 0 Å². The standard InChI is InChI=1S/C18H25Cl2N3O3/c1-5-21-16(24)11(4)22-18(26)15(8-10(2)3)23-17(25)13-7-6-12(19)9-14(13)20/h6-7,9-11,15H,5,8H2,1-4H3,(H,21,24)(H,22,26)(H,23,25)/t11-,15+/m1/s1. The highest BCUT2D eigenvalue weighted by atomic mass is 35.5. The van der Waals surface area contributed by atoms with E-state index in [1.807, 2.05) is 13.8 Å². The van der Waals surface area contributed by atoms with Crippen molar-refractivity contribution >= 4 is 40.9 Å². The van der Waals surface area contributed by atoms with Gasteiger partial charge in [0.2, 0.25) is 11.8 Å². The van der Waals surface area contributed by atoms with Crippen molar-refractivity contribution in [2.75, 3.05) is 6.54 Å². The Morgan fingerprint density at radius 1 is 1.04 bits per heavy atom. The van der Waals surface area contributed by atoms with E-state index in [0.717, 1.165) is 0 Å². The Hall–Kier alpha value is -1.79. The average Bonchev–Trinajstić information content (AvgIpc) is 2.53. The van der Waals surface area contributed by atoms with Crippen LogP contribution in [0.2, 0.25) is 10.0 Å². The van der Waals surface area contributed by atoms with Gasteiger partial charge in [-0.3, -0.25) is 14.4 Å². The molecule has 0 aliphatic rings. The van der Waals surface area contributed by atoms with Gasteiger partial charge in [0.25, 0.3) is 5.91 Å². The largest absolute Gasteiger partial charge is 0.355 e. The molecule has 1 aromatic carbocycles. The zero-order valence-corrected chi connectivity index (χ0v) is 16.9. The van der Waals surface area contributed by atoms with Crippen LogP contribution in [0.25, 0.3) is 0 Å². The SMILES string of the molecule is CCNC(=O)[C@@H](C)NC(=O)[C@H](CC(C)C)NC(=O)c1ccc(Cl)cc1Cl. The molecule has 1 aromatic rings. The summed E-state index contributed by atoms with van der Waals surface area (Å²) in [5.74, 6) is -1.02. The number of amides is 3. The van der Waals surface area contributed by atoms with Gasteiger partial charge in [0, 0.05) is 11.6 Å². The van der Waals surface area contributed by atoms with Gasteiger partial charge in [-0.15, -0.1) is 0 Å². The maximum absolute atomic E-state index is 12.5. The number of halogens is 2. The molecule has 3 amide bonds. The van der Waals surface area contributed by atoms with E-state index >= 15 is 0 Å². The van der Waals surface area contributed by atoms with E-state index in [-0.39, 0.29) is 22.4 Å². The van der Waals surface area contributed by atoms with Crippen LogP contribution in [-0.2, 0) is 9.59 Å². The Kier molecular flexibility index (Phi) is 8.88. The molecule has 0 aliphatic heterocycles. The van der Waals surface area contributed by atoms with Gasteiger partial charge in [0.1, 0.15) is 12.1 Å². The van der Waals surface area contributed by atoms with Gasteiger partial charge in [-0.25, -0.2) is 0 Å². The second kappa shape index (κ2) is 10.4. The Labute approximate surface area is 164 Å². The van der Waals surface area contributed by atoms with Crippen LogP contribution in [0.3, 0.4) is 0 Å². The van der Waals surface area contributed by atoms with Crippen LogP contribution in [0.5, 0.6) is 0 Å². The van der Waals surface area contributed by atoms with Crippen LogP contribution in [0.4, 0.5) is 0 Å². The van der Waals surface area contributed by atoms with Gasteiger partial charge < -0.3 is 16.0 Å². The second-order valence-electron chi connectivity index (χ2n) is 6.40. The predicted molar refractivity (Wildman–Crippen MR) is 103 cm³/mol. The molecule has 0 saturated heterocycles. The first-order valence-electron chi connectivity index (χ1n) is 8.49. The topological polar surface area (TPSA) is 87.3 Å². The number of nitrogens with one attached hydrogen (secondary N) is 3. The Bertz CT molecular complexity index is 665. The third kappa shape index (κ3) is 6.84. The van der Waals surface area contributed by atoms with Gasteiger partial charge in [-0.05, 0) is 44.4 Å². The fraction of sp³-hybridized carbons (Fsp3) is 0.500. The van der Waals surface area contributed by atoms with Crippen molar-refractivity contribution in [2.24, 2.45) is 5.92 Å². The average molecular weight is 402 g/mol. The highest BCUT2D eigenvalue weighted by Gasteiger charge is 2.26. The summed E-state index contributed by atoms with van der Waals surface area (Å²) in [6.07, 6.45) is 0.422. The molecule has 3 N–H and O–H groups in total. The molecule has 8 heteroatoms. The summed E-state index contributed by atoms with van der Waals surface area (Å²) in [6.45, 7) is 7.74. The molecule has 6 nitrogen and oxygen atoms in total. The Morgan fingerprint density at radius 3 is 2.23 bits per heavy atom. The van der Waals surface area contributed by atoms with E-state index in [0.29, 0.717) is 18.0 Å². The molecule has 0 saturated carbocycles. The summed E-state index contributed by atoms with van der Waals surface area (Å²) in [5, 5.41) is 8.58. The second-order valence-corrected chi connectivity index (χ2v) is 7.25. The minimum absolute atomic E-state index is 0.159. The summed E-state index contributed by atoms with van der Waals surface area (Å²) in [7, 11) is 0. The van der Waals surface area contributed by atoms with E-state index in [1.54, 1.807) is 19.9 Å². The molecule has 2 atom stereocenters. The van der Waals surface area contributed by atoms with Crippen LogP contribution < -0.4 is 16.0 Å². The third-order valence-corrected chi connectivity index (χ3v) is 4.16. The monoisotopic (exact) mass is 401 g/mol. The number of hydrogen-bond donors (Lipinski definition) is 3. The number of likely N-dealkylation sites (N-methyl/N-ethyl adjacent to an activating group) is 1. The third-order valence-electron chi connectivity index (χ3n) is 3.61. The fourth-order valence-electron chi connectivity index (χ4n) is 2.32. The Morgan fingerprint density at radius 2 is 1.69 bits per heavy atom. The summed E-state index contributed by atoms with van der Waals surface area (Å²) < 4.78 is 0. The van der Waals surface area contributed by atoms with Crippen LogP contribution in [-0.4, -0.2) is 36.3 Å². The lowest BCUT2D eigenvalue weighted by Crippen LogP contribution is -2.53. The van der Waals surface area contributed by atoms with Crippen molar-refractivity contribution in [2.45, 2.75) is 46.2 Å². The molecular weight excluding hydrogens is 377 g/mol. The molecule has 144 valence electrons. The van der Waals surface area contributed by atoms with Gasteiger partial charge in [0.05, 0.1) is 10.6 Å². The predicted octanol–water partition coefficient (Wildman–Crippen LogP) is 2.78. The number of hydrogen-bond acceptors (Lipinski definition) is 3. The highest BCUT2D eigenvalue weighted by molar-refractivity contribution is 6.36. The van der Waals surface area contributed by atoms with Gasteiger partial charge >= 0.3 is 0 Å². The van der Waals surface area contributed by atoms with Crippen molar-refractivity contribution in [3.8, 4) is 0 Å². The Balaban J connectivity index is 2.87. The highest BCUT2D eigenvalue weighted by Crippen LogP contribution is 2.21. The molecule has 0 aromatic heterocycles. The molecule has 0 spiro atoms. The number of rotatable bonds is 8. The maximum Gasteiger partial charge on any atom is 0.253 e. The van der Waals surface area contributed by atoms with E-state index < -0.39 is 23.9 Å². The van der Waals surface area contributed by atoms with E-state index in [1.165, 1.54) is 12.1 Å². The lowest BCUT2D eigenvalue weighted by atomic mass is 10.0. The lowest BCUT2D eigenvalue weighted by Gasteiger charge is -2.22. The van der Waals surface area contributed by atoms with Crippen LogP contribution in [0, 0.1) is 5.92 Å². The van der Waals surface area contributed by atoms with Crippen molar-refractivity contribution < 1.29 is 14.4 Å². The van der Waals surface area contributed by atoms with E-state index in [2.05, 4.69) is 16.0 Å². The summed E-state index contributed by atoms with van der Waals surface area (Å²) >= 11 is 11.9. The quantitative estimate of drug-likeness (QED) is 0.625. The maximum atomic E-state index is 12.5. The van der Waals surface area contributed by atoms with Gasteiger partial charge in [-0.1, -0.05) is 37.0 Å². The molecule has 0 radical (unpaired) electrons. The number of carbonyl (C=O) groups excluding carboxylic acids is 3. The van der Waals surface area contributed by atoms with Crippen molar-refractivity contribution in [1.82, 2.24) is 16.0 Å². The summed E-state index contributed by atoms with van der Waals surface area (Å²) in [5.41, 5.74) is 0.231. The van der Waals surface area contributed by atoms with E-state index in [4.69, 9.17) is 23.2 Å². The molecular formula is C18H25Cl2N3O3. The zero-order chi connectivity index (χ0) is 19.9. The molecule has 0 bridgehead atoms. The smallest absolute Gasteiger partial charge is 0.253 e. The summed E-state index contributed by atoms with van der Waals surface area (Å²) in [6, 6.07) is 3.03. The van der Waals surface area contributed by atoms with E-state index in [9.17, 15) is 14.4 Å². The first-order valence-corrected chi connectivity index (χ1v) is 9.25. The van der Waals surface area contributed by atoms with Crippen molar-refractivity contribution in [3.05, 3.63) is 33.8 Å². The fourth-order valence-corrected chi connectivity index (χ4v) is 2.81. The first kappa shape index (κ1) is 22.3. The summed E-state index contributed by atoms with van der Waals surface area (Å²) in [4.78, 5) is 36.8. The minimum Gasteiger partial charge on any atom is -0.355 e. The number of benzene rings is 1. The molecule has 0 heterocycles. The van der Waals surface area contributed by atoms with Crippen LogP contribution in [0.1, 0.15) is 44.5 Å². The van der Waals surface area contributed by atoms with Crippen LogP contribution in [0.15, 0.2) is 18.2 Å². The normalized spacial score (nSPS) is 13.0. The van der Waals surface area contributed by atoms with Gasteiger partial charge in [0.15, 0.2) is 0 Å².